The van der Waals surface area contributed by atoms with Gasteiger partial charge in [0, 0.05) is 18.3 Å². The zero-order valence-electron chi connectivity index (χ0n) is 10.4. The minimum absolute atomic E-state index is 0.183. The number of nitrogens with one attached hydrogen (secondary N) is 1. The van der Waals surface area contributed by atoms with Gasteiger partial charge in [-0.2, -0.15) is 18.3 Å². The van der Waals surface area contributed by atoms with Crippen LogP contribution >= 0.6 is 0 Å². The lowest BCUT2D eigenvalue weighted by molar-refractivity contribution is -0.137. The van der Waals surface area contributed by atoms with Gasteiger partial charge in [-0.05, 0) is 12.6 Å². The smallest absolute Gasteiger partial charge is 0.419 e. The van der Waals surface area contributed by atoms with Crippen molar-refractivity contribution in [1.82, 2.24) is 15.1 Å². The van der Waals surface area contributed by atoms with Crippen LogP contribution in [-0.2, 0) is 19.3 Å². The Morgan fingerprint density at radius 2 is 2.21 bits per heavy atom. The fraction of sp³-hybridized carbons (Fsp3) is 0.417. The van der Waals surface area contributed by atoms with Crippen LogP contribution < -0.4 is 5.32 Å². The van der Waals surface area contributed by atoms with E-state index in [0.717, 1.165) is 24.5 Å². The Kier molecular flexibility index (Phi) is 3.94. The van der Waals surface area contributed by atoms with Crippen molar-refractivity contribution in [3.63, 3.8) is 0 Å². The summed E-state index contributed by atoms with van der Waals surface area (Å²) in [5, 5.41) is 6.80. The summed E-state index contributed by atoms with van der Waals surface area (Å²) in [6.07, 6.45) is -1.00. The van der Waals surface area contributed by atoms with Crippen LogP contribution in [0.4, 0.5) is 13.2 Å². The number of alkyl halides is 3. The molecule has 2 aromatic heterocycles. The molecule has 0 fully saturated rings. The second-order valence-electron chi connectivity index (χ2n) is 4.13. The monoisotopic (exact) mass is 273 g/mol. The van der Waals surface area contributed by atoms with Crippen molar-refractivity contribution >= 4 is 0 Å². The normalized spacial score (nSPS) is 12.0. The van der Waals surface area contributed by atoms with Crippen LogP contribution in [0.1, 0.15) is 23.8 Å². The van der Waals surface area contributed by atoms with Crippen molar-refractivity contribution in [2.24, 2.45) is 0 Å². The van der Waals surface area contributed by atoms with Gasteiger partial charge in [-0.15, -0.1) is 0 Å². The van der Waals surface area contributed by atoms with E-state index in [0.29, 0.717) is 12.3 Å². The van der Waals surface area contributed by atoms with Gasteiger partial charge >= 0.3 is 6.18 Å². The summed E-state index contributed by atoms with van der Waals surface area (Å²) in [4.78, 5) is 0. The fourth-order valence-corrected chi connectivity index (χ4v) is 1.63. The van der Waals surface area contributed by atoms with Crippen LogP contribution in [0.25, 0.3) is 0 Å². The Morgan fingerprint density at radius 3 is 2.84 bits per heavy atom. The first-order valence-corrected chi connectivity index (χ1v) is 5.85. The summed E-state index contributed by atoms with van der Waals surface area (Å²) >= 11 is 0. The molecule has 2 aromatic rings. The first-order valence-electron chi connectivity index (χ1n) is 5.85. The number of aromatic nitrogens is 2. The molecule has 0 atom stereocenters. The molecular weight excluding hydrogens is 259 g/mol. The molecule has 7 heteroatoms. The van der Waals surface area contributed by atoms with Crippen LogP contribution in [0, 0.1) is 0 Å². The van der Waals surface area contributed by atoms with E-state index in [1.807, 2.05) is 6.92 Å². The molecule has 104 valence electrons. The molecule has 0 bridgehead atoms. The van der Waals surface area contributed by atoms with Crippen molar-refractivity contribution in [1.29, 1.82) is 0 Å². The highest BCUT2D eigenvalue weighted by molar-refractivity contribution is 5.14. The molecule has 0 amide bonds. The SMILES string of the molecule is CCNCc1coc(Cn2cc(C(F)(F)F)cn2)c1. The molecule has 1 N–H and O–H groups in total. The molecule has 19 heavy (non-hydrogen) atoms. The van der Waals surface area contributed by atoms with Crippen molar-refractivity contribution in [2.45, 2.75) is 26.2 Å². The summed E-state index contributed by atoms with van der Waals surface area (Å²) in [5.41, 5.74) is 0.201. The second kappa shape index (κ2) is 5.48. The predicted octanol–water partition coefficient (Wildman–Crippen LogP) is 2.65. The summed E-state index contributed by atoms with van der Waals surface area (Å²) in [5.74, 6) is 0.574. The maximum absolute atomic E-state index is 12.4. The third kappa shape index (κ3) is 3.60. The van der Waals surface area contributed by atoms with Crippen molar-refractivity contribution in [3.05, 3.63) is 41.6 Å². The van der Waals surface area contributed by atoms with Crippen LogP contribution in [0.2, 0.25) is 0 Å². The molecule has 4 nitrogen and oxygen atoms in total. The van der Waals surface area contributed by atoms with E-state index in [-0.39, 0.29) is 6.54 Å². The van der Waals surface area contributed by atoms with E-state index in [9.17, 15) is 13.2 Å². The van der Waals surface area contributed by atoms with E-state index in [4.69, 9.17) is 4.42 Å². The topological polar surface area (TPSA) is 43.0 Å². The fourth-order valence-electron chi connectivity index (χ4n) is 1.63. The first-order chi connectivity index (χ1) is 8.99. The van der Waals surface area contributed by atoms with E-state index in [2.05, 4.69) is 10.4 Å². The highest BCUT2D eigenvalue weighted by atomic mass is 19.4. The quantitative estimate of drug-likeness (QED) is 0.910. The Morgan fingerprint density at radius 1 is 1.42 bits per heavy atom. The summed E-state index contributed by atoms with van der Waals surface area (Å²) in [6, 6.07) is 1.80. The summed E-state index contributed by atoms with van der Waals surface area (Å²) in [6.45, 7) is 3.69. The minimum Gasteiger partial charge on any atom is -0.467 e. The average Bonchev–Trinajstić information content (AvgIpc) is 2.95. The molecule has 0 aliphatic rings. The average molecular weight is 273 g/mol. The molecule has 0 aliphatic heterocycles. The van der Waals surface area contributed by atoms with E-state index < -0.39 is 11.7 Å². The molecule has 0 saturated heterocycles. The molecular formula is C12H14F3N3O. The van der Waals surface area contributed by atoms with Crippen molar-refractivity contribution in [2.75, 3.05) is 6.54 Å². The molecule has 0 spiro atoms. The highest BCUT2D eigenvalue weighted by Gasteiger charge is 2.32. The molecule has 0 unspecified atom stereocenters. The van der Waals surface area contributed by atoms with Gasteiger partial charge in [0.05, 0.1) is 24.6 Å². The molecule has 2 rings (SSSR count). The van der Waals surface area contributed by atoms with E-state index >= 15 is 0 Å². The Labute approximate surface area is 108 Å². The third-order valence-corrected chi connectivity index (χ3v) is 2.57. The van der Waals surface area contributed by atoms with Gasteiger partial charge in [0.1, 0.15) is 5.76 Å². The molecule has 0 radical (unpaired) electrons. The first kappa shape index (κ1) is 13.7. The zero-order valence-corrected chi connectivity index (χ0v) is 10.4. The zero-order chi connectivity index (χ0) is 13.9. The molecule has 2 heterocycles. The van der Waals surface area contributed by atoms with Gasteiger partial charge in [0.15, 0.2) is 0 Å². The van der Waals surface area contributed by atoms with Gasteiger partial charge in [0.2, 0.25) is 0 Å². The molecule has 0 aliphatic carbocycles. The number of nitrogens with zero attached hydrogens (tertiary/aromatic N) is 2. The maximum atomic E-state index is 12.4. The predicted molar refractivity (Wildman–Crippen MR) is 62.4 cm³/mol. The van der Waals surface area contributed by atoms with Crippen molar-refractivity contribution < 1.29 is 17.6 Å². The Balaban J connectivity index is 2.01. The molecule has 0 aromatic carbocycles. The Bertz CT molecular complexity index is 530. The van der Waals surface area contributed by atoms with Crippen molar-refractivity contribution in [3.8, 4) is 0 Å². The Hall–Kier alpha value is -1.76. The third-order valence-electron chi connectivity index (χ3n) is 2.57. The van der Waals surface area contributed by atoms with Gasteiger partial charge in [-0.25, -0.2) is 0 Å². The van der Waals surface area contributed by atoms with Crippen LogP contribution in [0.3, 0.4) is 0 Å². The van der Waals surface area contributed by atoms with Gasteiger partial charge < -0.3 is 9.73 Å². The van der Waals surface area contributed by atoms with Gasteiger partial charge in [-0.3, -0.25) is 4.68 Å². The second-order valence-corrected chi connectivity index (χ2v) is 4.13. The summed E-state index contributed by atoms with van der Waals surface area (Å²) in [7, 11) is 0. The summed E-state index contributed by atoms with van der Waals surface area (Å²) < 4.78 is 43.7. The lowest BCUT2D eigenvalue weighted by atomic mass is 10.3. The van der Waals surface area contributed by atoms with Crippen LogP contribution in [0.5, 0.6) is 0 Å². The lowest BCUT2D eigenvalue weighted by Crippen LogP contribution is -2.10. The number of rotatable bonds is 5. The van der Waals surface area contributed by atoms with Gasteiger partial charge in [0.25, 0.3) is 0 Å². The minimum atomic E-state index is -4.36. The number of hydrogen-bond donors (Lipinski definition) is 1. The highest BCUT2D eigenvalue weighted by Crippen LogP contribution is 2.28. The number of furan rings is 1. The maximum Gasteiger partial charge on any atom is 0.419 e. The van der Waals surface area contributed by atoms with Gasteiger partial charge in [-0.1, -0.05) is 6.92 Å². The number of halogens is 3. The lowest BCUT2D eigenvalue weighted by Gasteiger charge is -2.00. The van der Waals surface area contributed by atoms with Crippen LogP contribution in [-0.4, -0.2) is 16.3 Å². The molecule has 0 saturated carbocycles. The largest absolute Gasteiger partial charge is 0.467 e. The van der Waals surface area contributed by atoms with E-state index in [1.165, 1.54) is 4.68 Å². The standard InChI is InChI=1S/C12H14F3N3O/c1-2-16-4-9-3-11(19-8-9)7-18-6-10(5-17-18)12(13,14)15/h3,5-6,8,16H,2,4,7H2,1H3. The van der Waals surface area contributed by atoms with Crippen LogP contribution in [0.15, 0.2) is 29.1 Å². The van der Waals surface area contributed by atoms with E-state index in [1.54, 1.807) is 12.3 Å². The number of hydrogen-bond acceptors (Lipinski definition) is 3.